The summed E-state index contributed by atoms with van der Waals surface area (Å²) in [6.45, 7) is 7.23. The van der Waals surface area contributed by atoms with Crippen molar-refractivity contribution in [2.45, 2.75) is 77.7 Å². The van der Waals surface area contributed by atoms with Crippen molar-refractivity contribution in [3.8, 4) is 11.5 Å². The van der Waals surface area contributed by atoms with E-state index < -0.39 is 6.36 Å². The minimum Gasteiger partial charge on any atom is -0.493 e. The molecule has 1 fully saturated rings. The number of nitrogens with zero attached hydrogens (tertiary/aromatic N) is 1. The van der Waals surface area contributed by atoms with Crippen LogP contribution >= 0.6 is 15.9 Å². The Bertz CT molecular complexity index is 1310. The average molecular weight is 669 g/mol. The van der Waals surface area contributed by atoms with Crippen molar-refractivity contribution in [1.82, 2.24) is 10.2 Å². The van der Waals surface area contributed by atoms with Crippen LogP contribution in [0.1, 0.15) is 81.3 Å². The number of ether oxygens (including phenoxy) is 2. The number of amides is 3. The van der Waals surface area contributed by atoms with Crippen LogP contribution in [0.4, 0.5) is 23.7 Å². The minimum absolute atomic E-state index is 0.0764. The van der Waals surface area contributed by atoms with E-state index in [9.17, 15) is 27.6 Å². The molecule has 0 radical (unpaired) electrons. The maximum atomic E-state index is 14.0. The second-order valence-corrected chi connectivity index (χ2v) is 12.9. The molecule has 0 saturated heterocycles. The molecule has 3 amide bonds. The minimum atomic E-state index is -4.81. The fourth-order valence-corrected chi connectivity index (χ4v) is 6.44. The lowest BCUT2D eigenvalue weighted by Crippen LogP contribution is -2.48. The van der Waals surface area contributed by atoms with Crippen LogP contribution in [0.5, 0.6) is 11.5 Å². The van der Waals surface area contributed by atoms with E-state index in [-0.39, 0.29) is 48.2 Å². The zero-order valence-electron chi connectivity index (χ0n) is 24.4. The molecule has 0 spiro atoms. The van der Waals surface area contributed by atoms with Gasteiger partial charge in [-0.15, -0.1) is 13.2 Å². The van der Waals surface area contributed by atoms with Crippen LogP contribution in [-0.2, 0) is 4.79 Å². The number of benzene rings is 2. The van der Waals surface area contributed by atoms with E-state index in [1.165, 1.54) is 12.1 Å². The Morgan fingerprint density at radius 1 is 1.07 bits per heavy atom. The first-order valence-corrected chi connectivity index (χ1v) is 15.2. The molecule has 2 aliphatic rings. The number of carbonyl (C=O) groups is 3. The second kappa shape index (κ2) is 13.6. The van der Waals surface area contributed by atoms with Crippen molar-refractivity contribution in [3.05, 3.63) is 52.0 Å². The van der Waals surface area contributed by atoms with E-state index in [0.717, 1.165) is 49.7 Å². The summed E-state index contributed by atoms with van der Waals surface area (Å²) in [5.74, 6) is 0.286. The molecule has 1 aliphatic heterocycles. The third-order valence-electron chi connectivity index (χ3n) is 8.12. The van der Waals surface area contributed by atoms with E-state index >= 15 is 0 Å². The molecule has 1 atom stereocenters. The SMILES string of the molecule is CC(C)(C)C1CCC(N(C(=O)Nc2ccc(OC(F)(F)F)cc2)C2CCOc3cc(C(=O)NCCC=O)c(Br)cc32)CC1. The number of carbonyl (C=O) groups excluding carboxylic acids is 3. The van der Waals surface area contributed by atoms with Gasteiger partial charge in [-0.2, -0.15) is 0 Å². The Labute approximate surface area is 257 Å². The van der Waals surface area contributed by atoms with Gasteiger partial charge in [-0.3, -0.25) is 4.79 Å². The van der Waals surface area contributed by atoms with Gasteiger partial charge in [0.25, 0.3) is 5.91 Å². The molecule has 0 aromatic heterocycles. The third-order valence-corrected chi connectivity index (χ3v) is 8.78. The fourth-order valence-electron chi connectivity index (χ4n) is 5.90. The first-order chi connectivity index (χ1) is 20.3. The number of alkyl halides is 3. The zero-order chi connectivity index (χ0) is 31.4. The second-order valence-electron chi connectivity index (χ2n) is 12.0. The van der Waals surface area contributed by atoms with Crippen LogP contribution in [0.15, 0.2) is 40.9 Å². The van der Waals surface area contributed by atoms with E-state index in [4.69, 9.17) is 4.74 Å². The van der Waals surface area contributed by atoms with E-state index in [1.54, 1.807) is 12.1 Å². The predicted molar refractivity (Wildman–Crippen MR) is 159 cm³/mol. The van der Waals surface area contributed by atoms with Gasteiger partial charge in [-0.05, 0) is 89.3 Å². The van der Waals surface area contributed by atoms with E-state index in [1.807, 2.05) is 4.90 Å². The molecule has 234 valence electrons. The van der Waals surface area contributed by atoms with Crippen LogP contribution < -0.4 is 20.1 Å². The van der Waals surface area contributed by atoms with Gasteiger partial charge in [0.05, 0.1) is 18.2 Å². The monoisotopic (exact) mass is 667 g/mol. The number of rotatable bonds is 8. The van der Waals surface area contributed by atoms with Gasteiger partial charge in [-0.25, -0.2) is 4.79 Å². The molecular weight excluding hydrogens is 631 g/mol. The molecule has 1 heterocycles. The molecule has 43 heavy (non-hydrogen) atoms. The largest absolute Gasteiger partial charge is 0.573 e. The Balaban J connectivity index is 1.62. The molecule has 0 bridgehead atoms. The van der Waals surface area contributed by atoms with Crippen molar-refractivity contribution >= 4 is 39.8 Å². The number of halogens is 4. The Kier molecular flexibility index (Phi) is 10.3. The average Bonchev–Trinajstić information content (AvgIpc) is 2.93. The summed E-state index contributed by atoms with van der Waals surface area (Å²) in [6.07, 6.45) is 0.172. The zero-order valence-corrected chi connectivity index (χ0v) is 26.0. The molecular formula is C31H37BrF3N3O5. The van der Waals surface area contributed by atoms with Crippen molar-refractivity contribution in [1.29, 1.82) is 0 Å². The molecule has 1 unspecified atom stereocenters. The van der Waals surface area contributed by atoms with Crippen molar-refractivity contribution in [2.24, 2.45) is 11.3 Å². The van der Waals surface area contributed by atoms with Gasteiger partial charge in [0.2, 0.25) is 0 Å². The lowest BCUT2D eigenvalue weighted by Gasteiger charge is -2.45. The smallest absolute Gasteiger partial charge is 0.493 e. The van der Waals surface area contributed by atoms with Crippen molar-refractivity contribution in [2.75, 3.05) is 18.5 Å². The summed E-state index contributed by atoms with van der Waals surface area (Å²) in [7, 11) is 0. The third kappa shape index (κ3) is 8.43. The van der Waals surface area contributed by atoms with Crippen molar-refractivity contribution in [3.63, 3.8) is 0 Å². The quantitative estimate of drug-likeness (QED) is 0.223. The maximum absolute atomic E-state index is 14.0. The topological polar surface area (TPSA) is 97.0 Å². The van der Waals surface area contributed by atoms with Crippen molar-refractivity contribution < 1.29 is 37.0 Å². The summed E-state index contributed by atoms with van der Waals surface area (Å²) in [5, 5.41) is 5.59. The Morgan fingerprint density at radius 2 is 1.74 bits per heavy atom. The molecule has 8 nitrogen and oxygen atoms in total. The first kappa shape index (κ1) is 32.6. The van der Waals surface area contributed by atoms with Crippen LogP contribution in [0.25, 0.3) is 0 Å². The number of hydrogen-bond acceptors (Lipinski definition) is 5. The Hall–Kier alpha value is -3.28. The van der Waals surface area contributed by atoms with Gasteiger partial charge < -0.3 is 29.8 Å². The van der Waals surface area contributed by atoms with E-state index in [2.05, 4.69) is 52.1 Å². The molecule has 4 rings (SSSR count). The number of nitrogens with one attached hydrogen (secondary N) is 2. The van der Waals surface area contributed by atoms with Crippen LogP contribution in [0.2, 0.25) is 0 Å². The highest BCUT2D eigenvalue weighted by Crippen LogP contribution is 2.45. The Morgan fingerprint density at radius 3 is 2.35 bits per heavy atom. The molecule has 12 heteroatoms. The molecule has 2 N–H and O–H groups in total. The lowest BCUT2D eigenvalue weighted by atomic mass is 9.71. The lowest BCUT2D eigenvalue weighted by molar-refractivity contribution is -0.274. The highest BCUT2D eigenvalue weighted by Gasteiger charge is 2.39. The molecule has 2 aromatic rings. The molecule has 1 aliphatic carbocycles. The summed E-state index contributed by atoms with van der Waals surface area (Å²) >= 11 is 3.51. The number of hydrogen-bond donors (Lipinski definition) is 2. The first-order valence-electron chi connectivity index (χ1n) is 14.4. The van der Waals surface area contributed by atoms with Gasteiger partial charge in [-0.1, -0.05) is 20.8 Å². The number of urea groups is 1. The summed E-state index contributed by atoms with van der Waals surface area (Å²) in [4.78, 5) is 39.2. The van der Waals surface area contributed by atoms with Gasteiger partial charge in [0, 0.05) is 41.2 Å². The highest BCUT2D eigenvalue weighted by atomic mass is 79.9. The normalized spacial score (nSPS) is 20.3. The summed E-state index contributed by atoms with van der Waals surface area (Å²) < 4.78 is 48.3. The van der Waals surface area contributed by atoms with Crippen LogP contribution in [-0.4, -0.2) is 48.7 Å². The predicted octanol–water partition coefficient (Wildman–Crippen LogP) is 7.63. The summed E-state index contributed by atoms with van der Waals surface area (Å²) in [6, 6.07) is 7.70. The number of aldehydes is 1. The standard InChI is InChI=1S/C31H37BrF3N3O5/c1-30(2,3)19-5-9-21(10-6-19)38(29(41)37-20-7-11-22(12-8-20)43-31(33,34)35)26-13-16-42-27-18-23(25(32)17-24(26)27)28(40)36-14-4-15-39/h7-8,11-12,15,17-19,21,26H,4-6,9-10,13-14,16H2,1-3H3,(H,36,40)(H,37,41). The number of anilines is 1. The fraction of sp³-hybridized carbons (Fsp3) is 0.516. The van der Waals surface area contributed by atoms with Gasteiger partial charge in [0.15, 0.2) is 0 Å². The highest BCUT2D eigenvalue weighted by molar-refractivity contribution is 9.10. The van der Waals surface area contributed by atoms with Gasteiger partial charge >= 0.3 is 12.4 Å². The number of fused-ring (bicyclic) bond motifs is 1. The summed E-state index contributed by atoms with van der Waals surface area (Å²) in [5.41, 5.74) is 1.60. The van der Waals surface area contributed by atoms with Gasteiger partial charge in [0.1, 0.15) is 17.8 Å². The van der Waals surface area contributed by atoms with Crippen LogP contribution in [0, 0.1) is 11.3 Å². The molecule has 1 saturated carbocycles. The maximum Gasteiger partial charge on any atom is 0.573 e. The van der Waals surface area contributed by atoms with E-state index in [0.29, 0.717) is 40.4 Å². The van der Waals surface area contributed by atoms with Crippen LogP contribution in [0.3, 0.4) is 0 Å². The molecule has 2 aromatic carbocycles.